The minimum absolute atomic E-state index is 0.0618. The predicted molar refractivity (Wildman–Crippen MR) is 101 cm³/mol. The fourth-order valence-corrected chi connectivity index (χ4v) is 3.68. The molecule has 2 aromatic heterocycles. The van der Waals surface area contributed by atoms with E-state index in [2.05, 4.69) is 15.8 Å². The van der Waals surface area contributed by atoms with Crippen LogP contribution in [0.3, 0.4) is 0 Å². The van der Waals surface area contributed by atoms with Crippen molar-refractivity contribution in [1.29, 1.82) is 0 Å². The molecule has 0 spiro atoms. The third-order valence-electron chi connectivity index (χ3n) is 5.07. The second-order valence-corrected chi connectivity index (χ2v) is 7.35. The minimum atomic E-state index is -4.54. The number of alkyl halides is 3. The molecule has 2 aliphatic heterocycles. The fourth-order valence-electron chi connectivity index (χ4n) is 3.68. The lowest BCUT2D eigenvalue weighted by Crippen LogP contribution is -2.47. The Kier molecular flexibility index (Phi) is 4.87. The molecule has 0 saturated carbocycles. The lowest BCUT2D eigenvalue weighted by atomic mass is 10.1. The van der Waals surface area contributed by atoms with Gasteiger partial charge in [0, 0.05) is 32.4 Å². The van der Waals surface area contributed by atoms with E-state index in [1.165, 1.54) is 22.8 Å². The maximum absolute atomic E-state index is 13.2. The van der Waals surface area contributed by atoms with Crippen LogP contribution in [-0.2, 0) is 0 Å². The smallest absolute Gasteiger partial charge is 0.354 e. The van der Waals surface area contributed by atoms with Gasteiger partial charge in [-0.3, -0.25) is 4.79 Å². The summed E-state index contributed by atoms with van der Waals surface area (Å²) >= 11 is 0. The van der Waals surface area contributed by atoms with Crippen LogP contribution in [0.4, 0.5) is 19.0 Å². The average Bonchev–Trinajstić information content (AvgIpc) is 3.24. The molecule has 4 N–H and O–H groups in total. The van der Waals surface area contributed by atoms with Crippen molar-refractivity contribution in [1.82, 2.24) is 25.4 Å². The van der Waals surface area contributed by atoms with E-state index in [9.17, 15) is 18.0 Å². The van der Waals surface area contributed by atoms with Gasteiger partial charge in [0.05, 0.1) is 11.2 Å². The molecule has 0 radical (unpaired) electrons. The molecule has 2 atom stereocenters. The minimum Gasteiger partial charge on any atom is -0.354 e. The maximum atomic E-state index is 13.2. The molecule has 0 aromatic carbocycles. The van der Waals surface area contributed by atoms with Gasteiger partial charge in [-0.2, -0.15) is 13.2 Å². The summed E-state index contributed by atoms with van der Waals surface area (Å²) in [7, 11) is 1.43. The predicted octanol–water partition coefficient (Wildman–Crippen LogP) is 1.21. The van der Waals surface area contributed by atoms with Gasteiger partial charge in [-0.05, 0) is 37.1 Å². The highest BCUT2D eigenvalue weighted by Crippen LogP contribution is 2.28. The van der Waals surface area contributed by atoms with Gasteiger partial charge in [0.1, 0.15) is 11.5 Å². The van der Waals surface area contributed by atoms with Gasteiger partial charge in [-0.25, -0.2) is 9.94 Å². The highest BCUT2D eigenvalue weighted by Gasteiger charge is 2.46. The van der Waals surface area contributed by atoms with Crippen molar-refractivity contribution in [3.8, 4) is 0 Å². The first-order valence-corrected chi connectivity index (χ1v) is 9.30. The number of aromatic nitrogens is 2. The van der Waals surface area contributed by atoms with E-state index in [4.69, 9.17) is 5.73 Å². The Labute approximate surface area is 165 Å². The SMILES string of the molecule is CN1C=C(NC(=O)c2ccc3ccc(N4CCCC(N)C4)nn23)C(C(F)(F)F)N1. The van der Waals surface area contributed by atoms with Gasteiger partial charge in [0.2, 0.25) is 0 Å². The number of rotatable bonds is 3. The molecule has 0 bridgehead atoms. The number of nitrogens with one attached hydrogen (secondary N) is 2. The Morgan fingerprint density at radius 1 is 1.31 bits per heavy atom. The summed E-state index contributed by atoms with van der Waals surface area (Å²) in [6.45, 7) is 1.48. The highest BCUT2D eigenvalue weighted by atomic mass is 19.4. The van der Waals surface area contributed by atoms with Crippen molar-refractivity contribution < 1.29 is 18.0 Å². The molecule has 11 heteroatoms. The number of piperidine rings is 1. The first-order chi connectivity index (χ1) is 13.7. The van der Waals surface area contributed by atoms with E-state index >= 15 is 0 Å². The first kappa shape index (κ1) is 19.5. The van der Waals surface area contributed by atoms with Crippen molar-refractivity contribution in [2.45, 2.75) is 31.1 Å². The van der Waals surface area contributed by atoms with Gasteiger partial charge in [-0.15, -0.1) is 5.10 Å². The molecule has 2 aliphatic rings. The molecule has 2 unspecified atom stereocenters. The Morgan fingerprint density at radius 2 is 2.07 bits per heavy atom. The number of anilines is 1. The Hall–Kier alpha value is -2.79. The summed E-state index contributed by atoms with van der Waals surface area (Å²) in [6.07, 6.45) is -1.43. The number of nitrogens with zero attached hydrogens (tertiary/aromatic N) is 4. The maximum Gasteiger partial charge on any atom is 0.411 e. The number of carbonyl (C=O) groups excluding carboxylic acids is 1. The highest BCUT2D eigenvalue weighted by molar-refractivity contribution is 5.95. The monoisotopic (exact) mass is 409 g/mol. The van der Waals surface area contributed by atoms with Gasteiger partial charge >= 0.3 is 6.18 Å². The number of hydrazine groups is 1. The number of nitrogens with two attached hydrogens (primary N) is 1. The van der Waals surface area contributed by atoms with E-state index in [0.717, 1.165) is 19.4 Å². The van der Waals surface area contributed by atoms with Crippen LogP contribution in [0.15, 0.2) is 36.2 Å². The number of hydrogen-bond donors (Lipinski definition) is 3. The van der Waals surface area contributed by atoms with Crippen LogP contribution in [0.25, 0.3) is 5.52 Å². The van der Waals surface area contributed by atoms with Gasteiger partial charge in [-0.1, -0.05) is 0 Å². The molecule has 4 rings (SSSR count). The zero-order chi connectivity index (χ0) is 20.8. The molecule has 1 saturated heterocycles. The molecule has 8 nitrogen and oxygen atoms in total. The second kappa shape index (κ2) is 7.23. The first-order valence-electron chi connectivity index (χ1n) is 9.30. The van der Waals surface area contributed by atoms with Gasteiger partial charge < -0.3 is 21.0 Å². The molecule has 1 amide bonds. The van der Waals surface area contributed by atoms with Crippen LogP contribution in [0.2, 0.25) is 0 Å². The molecule has 4 heterocycles. The van der Waals surface area contributed by atoms with Crippen LogP contribution < -0.4 is 21.4 Å². The average molecular weight is 409 g/mol. The number of hydrogen-bond acceptors (Lipinski definition) is 6. The van der Waals surface area contributed by atoms with Crippen molar-refractivity contribution >= 4 is 17.2 Å². The quantitative estimate of drug-likeness (QED) is 0.706. The van der Waals surface area contributed by atoms with Gasteiger partial charge in [0.15, 0.2) is 6.04 Å². The zero-order valence-electron chi connectivity index (χ0n) is 15.8. The lowest BCUT2D eigenvalue weighted by molar-refractivity contribution is -0.151. The van der Waals surface area contributed by atoms with Crippen molar-refractivity contribution in [2.24, 2.45) is 5.73 Å². The summed E-state index contributed by atoms with van der Waals surface area (Å²) in [5, 5.41) is 8.07. The molecular formula is C18H22F3N7O. The Morgan fingerprint density at radius 3 is 2.79 bits per heavy atom. The van der Waals surface area contributed by atoms with E-state index in [1.54, 1.807) is 12.1 Å². The second-order valence-electron chi connectivity index (χ2n) is 7.35. The zero-order valence-corrected chi connectivity index (χ0v) is 15.8. The number of fused-ring (bicyclic) bond motifs is 1. The van der Waals surface area contributed by atoms with E-state index in [0.29, 0.717) is 17.9 Å². The molecule has 29 heavy (non-hydrogen) atoms. The van der Waals surface area contributed by atoms with E-state index in [-0.39, 0.29) is 17.4 Å². The standard InChI is InChI=1S/C18H22F3N7O/c1-26-10-13(16(25-26)18(19,20)21)23-17(29)14-6-4-12-5-7-15(24-28(12)14)27-8-2-3-11(22)9-27/h4-7,10-11,16,25H,2-3,8-9,22H2,1H3,(H,23,29). The summed E-state index contributed by atoms with van der Waals surface area (Å²) in [6, 6.07) is 5.00. The van der Waals surface area contributed by atoms with Crippen LogP contribution in [-0.4, -0.2) is 58.9 Å². The molecule has 2 aromatic rings. The van der Waals surface area contributed by atoms with Crippen LogP contribution in [0, 0.1) is 0 Å². The third-order valence-corrected chi connectivity index (χ3v) is 5.07. The van der Waals surface area contributed by atoms with Crippen molar-refractivity contribution in [2.75, 3.05) is 25.0 Å². The van der Waals surface area contributed by atoms with Crippen molar-refractivity contribution in [3.63, 3.8) is 0 Å². The summed E-state index contributed by atoms with van der Waals surface area (Å²) in [4.78, 5) is 14.8. The van der Waals surface area contributed by atoms with E-state index in [1.807, 2.05) is 17.0 Å². The molecular weight excluding hydrogens is 387 g/mol. The Balaban J connectivity index is 1.59. The lowest BCUT2D eigenvalue weighted by Gasteiger charge is -2.31. The van der Waals surface area contributed by atoms with Crippen LogP contribution in [0.5, 0.6) is 0 Å². The molecule has 156 valence electrons. The van der Waals surface area contributed by atoms with Crippen molar-refractivity contribution in [3.05, 3.63) is 41.9 Å². The number of amides is 1. The number of carbonyl (C=O) groups is 1. The topological polar surface area (TPSA) is 90.9 Å². The van der Waals surface area contributed by atoms with Crippen LogP contribution in [0.1, 0.15) is 23.3 Å². The summed E-state index contributed by atoms with van der Waals surface area (Å²) in [5.74, 6) is 0.00939. The molecule has 0 aliphatic carbocycles. The molecule has 1 fully saturated rings. The summed E-state index contributed by atoms with van der Waals surface area (Å²) in [5.41, 5.74) is 8.84. The van der Waals surface area contributed by atoms with Crippen LogP contribution >= 0.6 is 0 Å². The Bertz CT molecular complexity index is 955. The normalized spacial score (nSPS) is 22.9. The summed E-state index contributed by atoms with van der Waals surface area (Å²) < 4.78 is 41.1. The number of halogens is 3. The third kappa shape index (κ3) is 3.87. The van der Waals surface area contributed by atoms with Gasteiger partial charge in [0.25, 0.3) is 5.91 Å². The largest absolute Gasteiger partial charge is 0.411 e. The fraction of sp³-hybridized carbons (Fsp3) is 0.444. The van der Waals surface area contributed by atoms with E-state index < -0.39 is 18.1 Å².